The lowest BCUT2D eigenvalue weighted by molar-refractivity contribution is -0.164. The number of hydrogen-bond donors (Lipinski definition) is 2. The van der Waals surface area contributed by atoms with Crippen LogP contribution in [0.3, 0.4) is 0 Å². The van der Waals surface area contributed by atoms with E-state index in [4.69, 9.17) is 4.74 Å². The molecule has 3 fully saturated rings. The number of nitrogens with zero attached hydrogens (tertiary/aromatic N) is 4. The molecule has 3 aromatic carbocycles. The zero-order valence-electron chi connectivity index (χ0n) is 32.6. The summed E-state index contributed by atoms with van der Waals surface area (Å²) < 4.78 is 6.46. The SMILES string of the molecule is Cc1cc(O[C@H]2C(C)(C)[C@H](NC(=O)c3ccc(N4CCC(CN5Cc6cc7c(cc6C5)C(=O)N(C5CCC(=O)NC5=O)C7=O)CC4)cc3)C2(C)C)ccc1C#N. The molecule has 3 aromatic rings. The van der Waals surface area contributed by atoms with E-state index in [0.717, 1.165) is 65.5 Å². The minimum atomic E-state index is -0.964. The number of carbonyl (C=O) groups is 5. The molecule has 0 aromatic heterocycles. The van der Waals surface area contributed by atoms with Gasteiger partial charge in [-0.3, -0.25) is 39.1 Å². The van der Waals surface area contributed by atoms with E-state index in [1.807, 2.05) is 55.5 Å². The summed E-state index contributed by atoms with van der Waals surface area (Å²) in [7, 11) is 0. The molecule has 12 nitrogen and oxygen atoms in total. The second kappa shape index (κ2) is 13.9. The van der Waals surface area contributed by atoms with Gasteiger partial charge in [0, 0.05) is 67.3 Å². The molecule has 0 spiro atoms. The van der Waals surface area contributed by atoms with Gasteiger partial charge in [-0.1, -0.05) is 27.7 Å². The lowest BCUT2D eigenvalue weighted by Crippen LogP contribution is -2.74. The second-order valence-corrected chi connectivity index (χ2v) is 17.4. The minimum Gasteiger partial charge on any atom is -0.489 e. The molecule has 4 aliphatic heterocycles. The van der Waals surface area contributed by atoms with Crippen LogP contribution in [0.2, 0.25) is 0 Å². The van der Waals surface area contributed by atoms with Gasteiger partial charge >= 0.3 is 0 Å². The van der Waals surface area contributed by atoms with Crippen molar-refractivity contribution in [3.05, 3.63) is 93.5 Å². The van der Waals surface area contributed by atoms with E-state index in [9.17, 15) is 29.2 Å². The summed E-state index contributed by atoms with van der Waals surface area (Å²) in [6.07, 6.45) is 2.17. The van der Waals surface area contributed by atoms with Crippen LogP contribution in [-0.4, -0.2) is 77.2 Å². The summed E-state index contributed by atoms with van der Waals surface area (Å²) in [5, 5.41) is 14.8. The Kier molecular flexibility index (Phi) is 9.27. The fourth-order valence-electron chi connectivity index (χ4n) is 10.1. The number of carbonyl (C=O) groups excluding carboxylic acids is 5. The van der Waals surface area contributed by atoms with Gasteiger partial charge < -0.3 is 15.0 Å². The highest BCUT2D eigenvalue weighted by atomic mass is 16.5. The third kappa shape index (κ3) is 6.41. The third-order valence-electron chi connectivity index (χ3n) is 12.9. The summed E-state index contributed by atoms with van der Waals surface area (Å²) in [4.78, 5) is 70.0. The highest BCUT2D eigenvalue weighted by Crippen LogP contribution is 2.55. The van der Waals surface area contributed by atoms with E-state index >= 15 is 0 Å². The summed E-state index contributed by atoms with van der Waals surface area (Å²) >= 11 is 0. The first kappa shape index (κ1) is 37.4. The molecule has 1 saturated carbocycles. The standard InChI is InChI=1S/C44H48N6O6/c1-25-18-32(11-8-28(25)21-45)56-42-43(2,3)41(44(42,4)5)47-37(52)27-6-9-31(10-7-27)49-16-14-26(15-17-49)22-48-23-29-19-33-34(20-30(29)24-48)40(55)50(39(33)54)35-12-13-36(51)46-38(35)53/h6-11,18-20,26,35,41-42H,12-17,22-24H2,1-5H3,(H,47,52)(H,46,51,53)/t35?,41-,42-. The number of fused-ring (bicyclic) bond motifs is 2. The molecule has 2 saturated heterocycles. The third-order valence-corrected chi connectivity index (χ3v) is 12.9. The van der Waals surface area contributed by atoms with Gasteiger partial charge in [-0.15, -0.1) is 0 Å². The minimum absolute atomic E-state index is 0.0962. The van der Waals surface area contributed by atoms with Crippen LogP contribution in [0.1, 0.15) is 107 Å². The van der Waals surface area contributed by atoms with Crippen molar-refractivity contribution in [2.24, 2.45) is 16.7 Å². The van der Waals surface area contributed by atoms with E-state index in [2.05, 4.69) is 54.2 Å². The normalized spacial score (nSPS) is 24.2. The first-order valence-corrected chi connectivity index (χ1v) is 19.6. The average Bonchev–Trinajstić information content (AvgIpc) is 3.67. The summed E-state index contributed by atoms with van der Waals surface area (Å²) in [5.74, 6) is -0.802. The van der Waals surface area contributed by atoms with E-state index in [0.29, 0.717) is 41.3 Å². The second-order valence-electron chi connectivity index (χ2n) is 17.4. The van der Waals surface area contributed by atoms with Crippen molar-refractivity contribution in [3.8, 4) is 11.8 Å². The van der Waals surface area contributed by atoms with Crippen LogP contribution in [0.5, 0.6) is 5.75 Å². The molecule has 12 heteroatoms. The van der Waals surface area contributed by atoms with Crippen molar-refractivity contribution in [2.75, 3.05) is 24.5 Å². The maximum atomic E-state index is 13.5. The van der Waals surface area contributed by atoms with Crippen molar-refractivity contribution in [2.45, 2.75) is 91.6 Å². The molecule has 2 N–H and O–H groups in total. The number of imide groups is 2. The van der Waals surface area contributed by atoms with Gasteiger partial charge in [-0.25, -0.2) is 0 Å². The number of hydrogen-bond acceptors (Lipinski definition) is 9. The number of nitriles is 1. The predicted molar refractivity (Wildman–Crippen MR) is 208 cm³/mol. The molecule has 56 heavy (non-hydrogen) atoms. The molecule has 8 rings (SSSR count). The maximum absolute atomic E-state index is 13.5. The molecule has 4 heterocycles. The largest absolute Gasteiger partial charge is 0.489 e. The Balaban J connectivity index is 0.822. The Hall–Kier alpha value is -5.54. The van der Waals surface area contributed by atoms with Crippen LogP contribution in [-0.2, 0) is 22.7 Å². The Morgan fingerprint density at radius 2 is 1.52 bits per heavy atom. The molecule has 1 atom stereocenters. The Labute approximate surface area is 327 Å². The fourth-order valence-corrected chi connectivity index (χ4v) is 10.1. The lowest BCUT2D eigenvalue weighted by Gasteiger charge is -2.63. The summed E-state index contributed by atoms with van der Waals surface area (Å²) in [5.41, 5.74) is 5.33. The number of piperidine rings is 2. The first-order chi connectivity index (χ1) is 26.6. The fraction of sp³-hybridized carbons (Fsp3) is 0.455. The molecule has 290 valence electrons. The maximum Gasteiger partial charge on any atom is 0.262 e. The molecule has 5 amide bonds. The van der Waals surface area contributed by atoms with E-state index in [1.54, 1.807) is 6.07 Å². The lowest BCUT2D eigenvalue weighted by atomic mass is 9.49. The number of nitrogens with one attached hydrogen (secondary N) is 2. The highest BCUT2D eigenvalue weighted by molar-refractivity contribution is 6.23. The highest BCUT2D eigenvalue weighted by Gasteiger charge is 2.64. The Bertz CT molecular complexity index is 2140. The van der Waals surface area contributed by atoms with Crippen molar-refractivity contribution in [1.29, 1.82) is 5.26 Å². The number of aryl methyl sites for hydroxylation is 1. The van der Waals surface area contributed by atoms with Crippen molar-refractivity contribution in [1.82, 2.24) is 20.4 Å². The van der Waals surface area contributed by atoms with Crippen LogP contribution >= 0.6 is 0 Å². The van der Waals surface area contributed by atoms with Crippen molar-refractivity contribution >= 4 is 35.2 Å². The van der Waals surface area contributed by atoms with Crippen LogP contribution < -0.4 is 20.3 Å². The zero-order chi connectivity index (χ0) is 39.7. The van der Waals surface area contributed by atoms with E-state index in [1.165, 1.54) is 0 Å². The summed E-state index contributed by atoms with van der Waals surface area (Å²) in [6.45, 7) is 14.5. The quantitative estimate of drug-likeness (QED) is 0.299. The smallest absolute Gasteiger partial charge is 0.262 e. The summed E-state index contributed by atoms with van der Waals surface area (Å²) in [6, 6.07) is 18.2. The van der Waals surface area contributed by atoms with Gasteiger partial charge in [-0.05, 0) is 103 Å². The number of ether oxygens (including phenoxy) is 1. The average molecular weight is 757 g/mol. The number of benzene rings is 3. The molecule has 1 unspecified atom stereocenters. The van der Waals surface area contributed by atoms with E-state index < -0.39 is 23.8 Å². The molecular formula is C44H48N6O6. The van der Waals surface area contributed by atoms with Crippen LogP contribution in [0, 0.1) is 35.0 Å². The number of anilines is 1. The van der Waals surface area contributed by atoms with Gasteiger partial charge in [-0.2, -0.15) is 5.26 Å². The van der Waals surface area contributed by atoms with Gasteiger partial charge in [0.15, 0.2) is 0 Å². The topological polar surface area (TPSA) is 152 Å². The first-order valence-electron chi connectivity index (χ1n) is 19.6. The molecule has 1 aliphatic carbocycles. The predicted octanol–water partition coefficient (Wildman–Crippen LogP) is 5.11. The zero-order valence-corrected chi connectivity index (χ0v) is 32.6. The van der Waals surface area contributed by atoms with Gasteiger partial charge in [0.2, 0.25) is 11.8 Å². The number of amides is 5. The van der Waals surface area contributed by atoms with Crippen LogP contribution in [0.15, 0.2) is 54.6 Å². The van der Waals surface area contributed by atoms with Gasteiger partial charge in [0.05, 0.1) is 22.8 Å². The van der Waals surface area contributed by atoms with Crippen molar-refractivity contribution in [3.63, 3.8) is 0 Å². The molecular weight excluding hydrogens is 709 g/mol. The van der Waals surface area contributed by atoms with Crippen molar-refractivity contribution < 1.29 is 28.7 Å². The molecule has 5 aliphatic rings. The van der Waals surface area contributed by atoms with Crippen LogP contribution in [0.25, 0.3) is 0 Å². The van der Waals surface area contributed by atoms with Crippen LogP contribution in [0.4, 0.5) is 5.69 Å². The van der Waals surface area contributed by atoms with E-state index in [-0.39, 0.29) is 47.6 Å². The monoisotopic (exact) mass is 756 g/mol. The molecule has 0 bridgehead atoms. The number of rotatable bonds is 8. The Morgan fingerprint density at radius 3 is 2.09 bits per heavy atom. The molecule has 0 radical (unpaired) electrons. The van der Waals surface area contributed by atoms with Gasteiger partial charge in [0.25, 0.3) is 17.7 Å². The van der Waals surface area contributed by atoms with Gasteiger partial charge in [0.1, 0.15) is 17.9 Å². The Morgan fingerprint density at radius 1 is 0.893 bits per heavy atom.